The van der Waals surface area contributed by atoms with Crippen molar-refractivity contribution in [3.63, 3.8) is 0 Å². The zero-order valence-electron chi connectivity index (χ0n) is 18.3. The topological polar surface area (TPSA) is 104 Å². The van der Waals surface area contributed by atoms with Gasteiger partial charge in [0.25, 0.3) is 5.56 Å². The van der Waals surface area contributed by atoms with Gasteiger partial charge in [-0.2, -0.15) is 4.31 Å². The third kappa shape index (κ3) is 4.47. The fourth-order valence-electron chi connectivity index (χ4n) is 3.84. The smallest absolute Gasteiger partial charge is 0.261 e. The summed E-state index contributed by atoms with van der Waals surface area (Å²) in [5, 5.41) is 0.510. The van der Waals surface area contributed by atoms with Crippen molar-refractivity contribution in [2.75, 3.05) is 26.3 Å². The summed E-state index contributed by atoms with van der Waals surface area (Å²) >= 11 is 0. The standard InChI is InChI=1S/C24H23N3O6S/c28-24-21-5-1-2-6-22(21)25-23(27(24)16-19-4-3-13-32-19)17-33-18-7-9-20(10-8-18)34(29,30)26-11-14-31-15-12-26/h1-10,13H,11-12,14-17H2. The number of aromatic nitrogens is 2. The first-order valence-electron chi connectivity index (χ1n) is 10.8. The molecule has 176 valence electrons. The van der Waals surface area contributed by atoms with Gasteiger partial charge in [0.15, 0.2) is 5.82 Å². The molecular weight excluding hydrogens is 458 g/mol. The molecule has 2 aromatic carbocycles. The van der Waals surface area contributed by atoms with E-state index in [9.17, 15) is 13.2 Å². The average Bonchev–Trinajstić information content (AvgIpc) is 3.39. The van der Waals surface area contributed by atoms with Gasteiger partial charge in [0, 0.05) is 13.1 Å². The van der Waals surface area contributed by atoms with Crippen LogP contribution in [0, 0.1) is 0 Å². The predicted molar refractivity (Wildman–Crippen MR) is 124 cm³/mol. The molecule has 0 saturated carbocycles. The minimum atomic E-state index is -3.58. The van der Waals surface area contributed by atoms with Crippen molar-refractivity contribution < 1.29 is 22.3 Å². The molecule has 4 aromatic rings. The summed E-state index contributed by atoms with van der Waals surface area (Å²) in [6.45, 7) is 1.69. The number of ether oxygens (including phenoxy) is 2. The third-order valence-electron chi connectivity index (χ3n) is 5.63. The highest BCUT2D eigenvalue weighted by molar-refractivity contribution is 7.89. The van der Waals surface area contributed by atoms with Crippen LogP contribution in [0.2, 0.25) is 0 Å². The van der Waals surface area contributed by atoms with Crippen LogP contribution in [0.4, 0.5) is 0 Å². The lowest BCUT2D eigenvalue weighted by molar-refractivity contribution is 0.0730. The molecule has 0 aliphatic carbocycles. The van der Waals surface area contributed by atoms with Gasteiger partial charge in [-0.1, -0.05) is 12.1 Å². The van der Waals surface area contributed by atoms with E-state index in [-0.39, 0.29) is 23.6 Å². The van der Waals surface area contributed by atoms with Gasteiger partial charge in [-0.05, 0) is 48.5 Å². The van der Waals surface area contributed by atoms with Gasteiger partial charge in [-0.15, -0.1) is 0 Å². The molecule has 0 atom stereocenters. The van der Waals surface area contributed by atoms with Gasteiger partial charge >= 0.3 is 0 Å². The first-order valence-corrected chi connectivity index (χ1v) is 12.3. The summed E-state index contributed by atoms with van der Waals surface area (Å²) in [4.78, 5) is 18.0. The highest BCUT2D eigenvalue weighted by atomic mass is 32.2. The molecule has 0 bridgehead atoms. The number of fused-ring (bicyclic) bond motifs is 1. The second-order valence-corrected chi connectivity index (χ2v) is 9.73. The first kappa shape index (κ1) is 22.3. The number of rotatable bonds is 7. The van der Waals surface area contributed by atoms with Crippen LogP contribution < -0.4 is 10.3 Å². The average molecular weight is 482 g/mol. The van der Waals surface area contributed by atoms with Crippen molar-refractivity contribution in [1.82, 2.24) is 13.9 Å². The fraction of sp³-hybridized carbons (Fsp3) is 0.250. The minimum absolute atomic E-state index is 0.0242. The summed E-state index contributed by atoms with van der Waals surface area (Å²) in [6, 6.07) is 16.9. The molecule has 3 heterocycles. The highest BCUT2D eigenvalue weighted by Crippen LogP contribution is 2.21. The van der Waals surface area contributed by atoms with E-state index in [0.717, 1.165) is 0 Å². The molecule has 10 heteroatoms. The molecule has 5 rings (SSSR count). The fourth-order valence-corrected chi connectivity index (χ4v) is 5.25. The number of furan rings is 1. The number of para-hydroxylation sites is 1. The van der Waals surface area contributed by atoms with Crippen LogP contribution in [-0.4, -0.2) is 48.6 Å². The molecule has 1 aliphatic heterocycles. The molecular formula is C24H23N3O6S. The van der Waals surface area contributed by atoms with Gasteiger partial charge in [0.1, 0.15) is 18.1 Å². The Bertz CT molecular complexity index is 1440. The largest absolute Gasteiger partial charge is 0.486 e. The zero-order chi connectivity index (χ0) is 23.5. The maximum atomic E-state index is 13.1. The second-order valence-electron chi connectivity index (χ2n) is 7.79. The van der Waals surface area contributed by atoms with Crippen LogP contribution in [0.3, 0.4) is 0 Å². The molecule has 0 amide bonds. The Balaban J connectivity index is 1.39. The quantitative estimate of drug-likeness (QED) is 0.400. The van der Waals surface area contributed by atoms with Crippen molar-refractivity contribution in [3.05, 3.63) is 88.9 Å². The lowest BCUT2D eigenvalue weighted by Gasteiger charge is -2.26. The summed E-state index contributed by atoms with van der Waals surface area (Å²) in [5.41, 5.74) is 0.390. The number of nitrogens with zero attached hydrogens (tertiary/aromatic N) is 3. The Morgan fingerprint density at radius 2 is 1.74 bits per heavy atom. The SMILES string of the molecule is O=c1c2ccccc2nc(COc2ccc(S(=O)(=O)N3CCOCC3)cc2)n1Cc1ccco1. The van der Waals surface area contributed by atoms with E-state index in [2.05, 4.69) is 4.98 Å². The van der Waals surface area contributed by atoms with E-state index in [4.69, 9.17) is 13.9 Å². The molecule has 0 radical (unpaired) electrons. The van der Waals surface area contributed by atoms with E-state index in [1.807, 2.05) is 6.07 Å². The number of morpholine rings is 1. The predicted octanol–water partition coefficient (Wildman–Crippen LogP) is 2.64. The molecule has 0 N–H and O–H groups in total. The molecule has 1 aliphatic rings. The number of hydrogen-bond donors (Lipinski definition) is 0. The molecule has 0 spiro atoms. The summed E-state index contributed by atoms with van der Waals surface area (Å²) in [7, 11) is -3.58. The van der Waals surface area contributed by atoms with Gasteiger partial charge < -0.3 is 13.9 Å². The van der Waals surface area contributed by atoms with Gasteiger partial charge in [-0.3, -0.25) is 9.36 Å². The van der Waals surface area contributed by atoms with E-state index in [1.165, 1.54) is 21.0 Å². The van der Waals surface area contributed by atoms with Crippen LogP contribution in [0.25, 0.3) is 10.9 Å². The summed E-state index contributed by atoms with van der Waals surface area (Å²) in [6.07, 6.45) is 1.55. The van der Waals surface area contributed by atoms with Crippen molar-refractivity contribution in [3.8, 4) is 5.75 Å². The molecule has 34 heavy (non-hydrogen) atoms. The summed E-state index contributed by atoms with van der Waals surface area (Å²) in [5.74, 6) is 1.52. The van der Waals surface area contributed by atoms with Crippen LogP contribution >= 0.6 is 0 Å². The Morgan fingerprint density at radius 1 is 0.971 bits per heavy atom. The number of benzene rings is 2. The maximum Gasteiger partial charge on any atom is 0.261 e. The molecule has 2 aromatic heterocycles. The molecule has 1 saturated heterocycles. The normalized spacial score (nSPS) is 14.9. The second kappa shape index (κ2) is 9.41. The first-order chi connectivity index (χ1) is 16.5. The van der Waals surface area contributed by atoms with Crippen LogP contribution in [0.15, 0.2) is 81.0 Å². The van der Waals surface area contributed by atoms with Crippen LogP contribution in [0.5, 0.6) is 5.75 Å². The van der Waals surface area contributed by atoms with Crippen molar-refractivity contribution in [1.29, 1.82) is 0 Å². The third-order valence-corrected chi connectivity index (χ3v) is 7.55. The minimum Gasteiger partial charge on any atom is -0.486 e. The lowest BCUT2D eigenvalue weighted by Crippen LogP contribution is -2.40. The van der Waals surface area contributed by atoms with Crippen molar-refractivity contribution in [2.24, 2.45) is 0 Å². The molecule has 1 fully saturated rings. The number of sulfonamides is 1. The van der Waals surface area contributed by atoms with Gasteiger partial charge in [0.05, 0.1) is 41.8 Å². The zero-order valence-corrected chi connectivity index (χ0v) is 19.1. The van der Waals surface area contributed by atoms with Gasteiger partial charge in [0.2, 0.25) is 10.0 Å². The van der Waals surface area contributed by atoms with Crippen molar-refractivity contribution in [2.45, 2.75) is 18.0 Å². The molecule has 9 nitrogen and oxygen atoms in total. The molecule has 0 unspecified atom stereocenters. The lowest BCUT2D eigenvalue weighted by atomic mass is 10.2. The monoisotopic (exact) mass is 481 g/mol. The van der Waals surface area contributed by atoms with E-state index < -0.39 is 10.0 Å². The Morgan fingerprint density at radius 3 is 2.47 bits per heavy atom. The Hall–Kier alpha value is -3.47. The van der Waals surface area contributed by atoms with Crippen LogP contribution in [-0.2, 0) is 27.9 Å². The number of hydrogen-bond acceptors (Lipinski definition) is 7. The van der Waals surface area contributed by atoms with E-state index in [1.54, 1.807) is 48.7 Å². The van der Waals surface area contributed by atoms with Gasteiger partial charge in [-0.25, -0.2) is 13.4 Å². The highest BCUT2D eigenvalue weighted by Gasteiger charge is 2.26. The Labute approximate surface area is 196 Å². The van der Waals surface area contributed by atoms with E-state index >= 15 is 0 Å². The Kier molecular flexibility index (Phi) is 6.18. The van der Waals surface area contributed by atoms with Crippen LogP contribution in [0.1, 0.15) is 11.6 Å². The summed E-state index contributed by atoms with van der Waals surface area (Å²) < 4.78 is 45.1. The van der Waals surface area contributed by atoms with Crippen molar-refractivity contribution >= 4 is 20.9 Å². The van der Waals surface area contributed by atoms with E-state index in [0.29, 0.717) is 54.5 Å². The maximum absolute atomic E-state index is 13.1.